The molecular formula is C24H38N4O4. The molecule has 2 saturated carbocycles. The van der Waals surface area contributed by atoms with Crippen LogP contribution in [0, 0.1) is 27.1 Å². The quantitative estimate of drug-likeness (QED) is 0.466. The van der Waals surface area contributed by atoms with Crippen molar-refractivity contribution in [1.82, 2.24) is 0 Å². The fourth-order valence-corrected chi connectivity index (χ4v) is 5.77. The molecule has 2 fully saturated rings. The lowest BCUT2D eigenvalue weighted by Crippen LogP contribution is -2.39. The number of aliphatic imine (C=N–C) groups is 3. The van der Waals surface area contributed by atoms with Crippen molar-refractivity contribution >= 4 is 24.3 Å². The molecule has 0 saturated heterocycles. The molecule has 1 N–H and O–H groups in total. The maximum absolute atomic E-state index is 10.3. The van der Waals surface area contributed by atoms with Gasteiger partial charge in [-0.3, -0.25) is 0 Å². The number of isocyanates is 4. The standard InChI is InChI=1S/C12H18N2O2.C11H19NO.CHNO/c1-11(2)4-10(14-9-16)5-12(3,6-11)7-13-8-15;1-10(2)5-4-6-11(3,7-10)8-12-9-13;2-1-3/h10H,4-7H2,1-3H3;4-8H2,1-3H3;2H. The Labute approximate surface area is 191 Å². The third-order valence-corrected chi connectivity index (χ3v) is 6.25. The molecule has 0 aromatic rings. The van der Waals surface area contributed by atoms with E-state index in [1.54, 1.807) is 18.2 Å². The molecule has 0 spiro atoms. The zero-order chi connectivity index (χ0) is 24.9. The van der Waals surface area contributed by atoms with E-state index in [1.165, 1.54) is 25.7 Å². The van der Waals surface area contributed by atoms with Crippen molar-refractivity contribution in [3.8, 4) is 0 Å². The normalized spacial score (nSPS) is 29.5. The fraction of sp³-hybridized carbons (Fsp3) is 0.833. The number of hydrogen-bond acceptors (Lipinski definition) is 8. The third kappa shape index (κ3) is 11.8. The highest BCUT2D eigenvalue weighted by Crippen LogP contribution is 2.47. The van der Waals surface area contributed by atoms with Gasteiger partial charge in [-0.25, -0.2) is 39.6 Å². The van der Waals surface area contributed by atoms with Gasteiger partial charge in [-0.05, 0) is 60.2 Å². The molecule has 2 rings (SSSR count). The molecular weight excluding hydrogens is 408 g/mol. The van der Waals surface area contributed by atoms with E-state index in [1.807, 2.05) is 0 Å². The van der Waals surface area contributed by atoms with Gasteiger partial charge in [0, 0.05) is 0 Å². The van der Waals surface area contributed by atoms with Crippen LogP contribution in [0.4, 0.5) is 0 Å². The second-order valence-corrected chi connectivity index (χ2v) is 11.4. The Morgan fingerprint density at radius 1 is 0.750 bits per heavy atom. The summed E-state index contributed by atoms with van der Waals surface area (Å²) in [7, 11) is 0. The van der Waals surface area contributed by atoms with Crippen LogP contribution in [0.3, 0.4) is 0 Å². The number of carbonyl (C=O) groups excluding carboxylic acids is 4. The van der Waals surface area contributed by atoms with Gasteiger partial charge in [-0.1, -0.05) is 48.0 Å². The summed E-state index contributed by atoms with van der Waals surface area (Å²) < 4.78 is 0. The average Bonchev–Trinajstić information content (AvgIpc) is 2.64. The Morgan fingerprint density at radius 3 is 1.72 bits per heavy atom. The summed E-state index contributed by atoms with van der Waals surface area (Å²) in [6, 6.07) is 0.00750. The van der Waals surface area contributed by atoms with Crippen molar-refractivity contribution in [2.45, 2.75) is 92.5 Å². The second kappa shape index (κ2) is 13.2. The molecule has 178 valence electrons. The number of rotatable bonds is 5. The van der Waals surface area contributed by atoms with E-state index in [0.717, 1.165) is 25.3 Å². The van der Waals surface area contributed by atoms with Gasteiger partial charge in [-0.15, -0.1) is 0 Å². The van der Waals surface area contributed by atoms with E-state index in [2.05, 4.69) is 56.5 Å². The summed E-state index contributed by atoms with van der Waals surface area (Å²) in [5.74, 6) is 0. The minimum atomic E-state index is -0.0653. The summed E-state index contributed by atoms with van der Waals surface area (Å²) in [5.41, 5.74) is 0.713. The van der Waals surface area contributed by atoms with Gasteiger partial charge in [-0.2, -0.15) is 0 Å². The lowest BCUT2D eigenvalue weighted by Gasteiger charge is -2.44. The van der Waals surface area contributed by atoms with Gasteiger partial charge in [0.15, 0.2) is 0 Å². The SMILES string of the molecule is CC1(C)CC(N=C=O)CC(C)(CN=C=O)C1.CC1(C)CCCC(C)(CN=C=O)C1.N=C=O. The van der Waals surface area contributed by atoms with Crippen LogP contribution in [-0.2, 0) is 19.2 Å². The molecule has 0 heterocycles. The molecule has 0 aliphatic heterocycles. The van der Waals surface area contributed by atoms with E-state index in [-0.39, 0.29) is 22.3 Å². The first-order chi connectivity index (χ1) is 14.8. The van der Waals surface area contributed by atoms with Crippen LogP contribution in [0.25, 0.3) is 0 Å². The molecule has 0 bridgehead atoms. The molecule has 0 aromatic heterocycles. The molecule has 2 aliphatic rings. The van der Waals surface area contributed by atoms with Crippen molar-refractivity contribution in [1.29, 1.82) is 5.41 Å². The summed E-state index contributed by atoms with van der Waals surface area (Å²) in [6.07, 6.45) is 13.2. The molecule has 0 radical (unpaired) electrons. The summed E-state index contributed by atoms with van der Waals surface area (Å²) in [5, 5.41) is 5.40. The largest absolute Gasteiger partial charge is 0.235 e. The van der Waals surface area contributed by atoms with Crippen molar-refractivity contribution in [3.05, 3.63) is 0 Å². The van der Waals surface area contributed by atoms with Gasteiger partial charge in [0.05, 0.1) is 19.1 Å². The molecule has 8 nitrogen and oxygen atoms in total. The van der Waals surface area contributed by atoms with Gasteiger partial charge in [0.25, 0.3) is 0 Å². The van der Waals surface area contributed by atoms with Crippen molar-refractivity contribution < 1.29 is 19.2 Å². The highest BCUT2D eigenvalue weighted by atomic mass is 16.1. The lowest BCUT2D eigenvalue weighted by atomic mass is 9.63. The minimum absolute atomic E-state index is 0.00750. The van der Waals surface area contributed by atoms with Crippen LogP contribution < -0.4 is 0 Å². The van der Waals surface area contributed by atoms with Crippen molar-refractivity contribution in [2.75, 3.05) is 13.1 Å². The summed E-state index contributed by atoms with van der Waals surface area (Å²) >= 11 is 0. The van der Waals surface area contributed by atoms with Crippen molar-refractivity contribution in [2.24, 2.45) is 36.6 Å². The van der Waals surface area contributed by atoms with Crippen LogP contribution in [-0.4, -0.2) is 43.5 Å². The topological polar surface area (TPSA) is 129 Å². The molecule has 3 atom stereocenters. The Hall–Kier alpha value is -2.48. The van der Waals surface area contributed by atoms with E-state index >= 15 is 0 Å². The monoisotopic (exact) mass is 446 g/mol. The van der Waals surface area contributed by atoms with Gasteiger partial charge < -0.3 is 0 Å². The van der Waals surface area contributed by atoms with Gasteiger partial charge >= 0.3 is 0 Å². The highest BCUT2D eigenvalue weighted by Gasteiger charge is 2.41. The van der Waals surface area contributed by atoms with E-state index in [0.29, 0.717) is 18.5 Å². The average molecular weight is 447 g/mol. The van der Waals surface area contributed by atoms with Gasteiger partial charge in [0.1, 0.15) is 0 Å². The maximum atomic E-state index is 10.3. The van der Waals surface area contributed by atoms with E-state index < -0.39 is 0 Å². The first kappa shape index (κ1) is 29.5. The maximum Gasteiger partial charge on any atom is 0.235 e. The van der Waals surface area contributed by atoms with Crippen LogP contribution in [0.5, 0.6) is 0 Å². The van der Waals surface area contributed by atoms with Gasteiger partial charge in [0.2, 0.25) is 24.3 Å². The van der Waals surface area contributed by atoms with Crippen LogP contribution in [0.15, 0.2) is 15.0 Å². The Morgan fingerprint density at radius 2 is 1.25 bits per heavy atom. The Balaban J connectivity index is 0.000000543. The molecule has 8 heteroatoms. The summed E-state index contributed by atoms with van der Waals surface area (Å²) in [4.78, 5) is 50.2. The van der Waals surface area contributed by atoms with E-state index in [4.69, 9.17) is 10.2 Å². The molecule has 2 aliphatic carbocycles. The second-order valence-electron chi connectivity index (χ2n) is 11.4. The molecule has 3 unspecified atom stereocenters. The zero-order valence-corrected chi connectivity index (χ0v) is 20.4. The number of nitrogens with zero attached hydrogens (tertiary/aromatic N) is 3. The zero-order valence-electron chi connectivity index (χ0n) is 20.4. The van der Waals surface area contributed by atoms with Crippen LogP contribution in [0.2, 0.25) is 0 Å². The predicted octanol–water partition coefficient (Wildman–Crippen LogP) is 5.07. The predicted molar refractivity (Wildman–Crippen MR) is 122 cm³/mol. The van der Waals surface area contributed by atoms with Crippen LogP contribution in [0.1, 0.15) is 86.5 Å². The number of hydrogen-bond donors (Lipinski definition) is 1. The van der Waals surface area contributed by atoms with E-state index in [9.17, 15) is 14.4 Å². The first-order valence-corrected chi connectivity index (χ1v) is 11.0. The van der Waals surface area contributed by atoms with Crippen LogP contribution >= 0.6 is 0 Å². The lowest BCUT2D eigenvalue weighted by molar-refractivity contribution is 0.0915. The molecule has 0 aromatic carbocycles. The minimum Gasteiger partial charge on any atom is -0.222 e. The Kier molecular flexibility index (Phi) is 12.1. The first-order valence-electron chi connectivity index (χ1n) is 11.0. The molecule has 0 amide bonds. The highest BCUT2D eigenvalue weighted by molar-refractivity contribution is 5.34. The Bertz CT molecular complexity index is 784. The van der Waals surface area contributed by atoms with Crippen molar-refractivity contribution in [3.63, 3.8) is 0 Å². The molecule has 32 heavy (non-hydrogen) atoms. The number of nitrogens with one attached hydrogen (secondary N) is 1. The summed E-state index contributed by atoms with van der Waals surface area (Å²) in [6.45, 7) is 14.3. The third-order valence-electron chi connectivity index (χ3n) is 6.25. The smallest absolute Gasteiger partial charge is 0.222 e. The fourth-order valence-electron chi connectivity index (χ4n) is 5.77.